The Morgan fingerprint density at radius 2 is 1.79 bits per heavy atom. The van der Waals surface area contributed by atoms with Crippen LogP contribution < -0.4 is 10.4 Å². The van der Waals surface area contributed by atoms with Crippen molar-refractivity contribution in [2.24, 2.45) is 0 Å². The first-order valence-electron chi connectivity index (χ1n) is 9.47. The molecule has 0 radical (unpaired) electrons. The number of fused-ring (bicyclic) bond motifs is 3. The minimum Gasteiger partial charge on any atom is -0.462 e. The van der Waals surface area contributed by atoms with E-state index in [0.29, 0.717) is 16.9 Å². The highest BCUT2D eigenvalue weighted by molar-refractivity contribution is 5.86. The zero-order chi connectivity index (χ0) is 20.0. The summed E-state index contributed by atoms with van der Waals surface area (Å²) < 4.78 is 16.7. The maximum atomic E-state index is 12.4. The zero-order valence-electron chi connectivity index (χ0n) is 15.5. The van der Waals surface area contributed by atoms with Crippen LogP contribution in [-0.2, 0) is 17.6 Å². The van der Waals surface area contributed by atoms with Gasteiger partial charge in [0.15, 0.2) is 0 Å². The predicted molar refractivity (Wildman–Crippen MR) is 98.3 cm³/mol. The third-order valence-corrected chi connectivity index (χ3v) is 5.68. The number of ether oxygens (including phenoxy) is 2. The molecule has 2 heterocycles. The molecule has 1 aliphatic carbocycles. The number of hydrogen-bond acceptors (Lipinski definition) is 8. The third-order valence-electron chi connectivity index (χ3n) is 5.68. The molecule has 8 nitrogen and oxygen atoms in total. The van der Waals surface area contributed by atoms with Crippen molar-refractivity contribution in [3.8, 4) is 5.75 Å². The molecule has 0 spiro atoms. The zero-order valence-corrected chi connectivity index (χ0v) is 15.5. The molecule has 0 saturated carbocycles. The first kappa shape index (κ1) is 19.4. The molecule has 28 heavy (non-hydrogen) atoms. The van der Waals surface area contributed by atoms with Gasteiger partial charge in [-0.1, -0.05) is 0 Å². The Morgan fingerprint density at radius 3 is 2.50 bits per heavy atom. The molecule has 0 unspecified atom stereocenters. The Bertz CT molecular complexity index is 934. The summed E-state index contributed by atoms with van der Waals surface area (Å²) in [6.07, 6.45) is -3.31. The van der Waals surface area contributed by atoms with Gasteiger partial charge in [0, 0.05) is 16.5 Å². The summed E-state index contributed by atoms with van der Waals surface area (Å²) >= 11 is 0. The van der Waals surface area contributed by atoms with Crippen molar-refractivity contribution in [1.82, 2.24) is 0 Å². The number of aliphatic hydroxyl groups excluding tert-OH is 4. The van der Waals surface area contributed by atoms with Gasteiger partial charge < -0.3 is 34.3 Å². The molecule has 1 aromatic carbocycles. The van der Waals surface area contributed by atoms with Crippen molar-refractivity contribution < 1.29 is 34.3 Å². The van der Waals surface area contributed by atoms with E-state index in [-0.39, 0.29) is 5.63 Å². The molecule has 1 aromatic heterocycles. The van der Waals surface area contributed by atoms with Crippen LogP contribution in [0.25, 0.3) is 11.0 Å². The van der Waals surface area contributed by atoms with Crippen LogP contribution in [0.2, 0.25) is 0 Å². The van der Waals surface area contributed by atoms with Gasteiger partial charge in [-0.25, -0.2) is 4.79 Å². The van der Waals surface area contributed by atoms with Crippen LogP contribution in [0, 0.1) is 6.92 Å². The fourth-order valence-electron chi connectivity index (χ4n) is 4.04. The lowest BCUT2D eigenvalue weighted by Gasteiger charge is -2.39. The summed E-state index contributed by atoms with van der Waals surface area (Å²) in [7, 11) is 0. The molecule has 2 aromatic rings. The molecule has 1 saturated heterocycles. The summed E-state index contributed by atoms with van der Waals surface area (Å²) in [6.45, 7) is 1.20. The van der Waals surface area contributed by atoms with Crippen molar-refractivity contribution in [2.75, 3.05) is 6.61 Å². The van der Waals surface area contributed by atoms with Crippen molar-refractivity contribution in [1.29, 1.82) is 0 Å². The SMILES string of the molecule is Cc1c(O[C@H]2O[C@H](CO)[C@@H](O)[C@H](O)[C@H]2O)ccc2c3c(c(=O)oc12)CCCC3. The van der Waals surface area contributed by atoms with Gasteiger partial charge in [0.25, 0.3) is 0 Å². The van der Waals surface area contributed by atoms with E-state index in [1.165, 1.54) is 0 Å². The highest BCUT2D eigenvalue weighted by Gasteiger charge is 2.44. The maximum absolute atomic E-state index is 12.4. The molecule has 2 aliphatic rings. The maximum Gasteiger partial charge on any atom is 0.339 e. The average molecular weight is 392 g/mol. The average Bonchev–Trinajstić information content (AvgIpc) is 2.71. The third kappa shape index (κ3) is 3.11. The van der Waals surface area contributed by atoms with Gasteiger partial charge in [-0.3, -0.25) is 0 Å². The van der Waals surface area contributed by atoms with Crippen molar-refractivity contribution in [3.63, 3.8) is 0 Å². The smallest absolute Gasteiger partial charge is 0.339 e. The Labute approximate surface area is 160 Å². The first-order valence-corrected chi connectivity index (χ1v) is 9.47. The first-order chi connectivity index (χ1) is 13.4. The topological polar surface area (TPSA) is 130 Å². The largest absolute Gasteiger partial charge is 0.462 e. The van der Waals surface area contributed by atoms with Gasteiger partial charge >= 0.3 is 5.63 Å². The number of aliphatic hydroxyl groups is 4. The quantitative estimate of drug-likeness (QED) is 0.544. The van der Waals surface area contributed by atoms with Crippen LogP contribution in [0.5, 0.6) is 5.75 Å². The lowest BCUT2D eigenvalue weighted by atomic mass is 9.90. The molecule has 0 bridgehead atoms. The van der Waals surface area contributed by atoms with E-state index in [1.54, 1.807) is 13.0 Å². The molecule has 4 N–H and O–H groups in total. The lowest BCUT2D eigenvalue weighted by Crippen LogP contribution is -2.60. The van der Waals surface area contributed by atoms with Crippen LogP contribution in [0.1, 0.15) is 29.5 Å². The Kier molecular flexibility index (Phi) is 5.15. The summed E-state index contributed by atoms with van der Waals surface area (Å²) in [4.78, 5) is 12.4. The minimum atomic E-state index is -1.53. The molecule has 5 atom stereocenters. The van der Waals surface area contributed by atoms with Crippen LogP contribution in [0.3, 0.4) is 0 Å². The van der Waals surface area contributed by atoms with Gasteiger partial charge in [-0.15, -0.1) is 0 Å². The molecule has 8 heteroatoms. The van der Waals surface area contributed by atoms with E-state index in [2.05, 4.69) is 0 Å². The Morgan fingerprint density at radius 1 is 1.07 bits per heavy atom. The summed E-state index contributed by atoms with van der Waals surface area (Å²) in [5.74, 6) is 0.315. The number of benzene rings is 1. The molecule has 4 rings (SSSR count). The molecular weight excluding hydrogens is 368 g/mol. The summed E-state index contributed by atoms with van der Waals surface area (Å²) in [5, 5.41) is 40.2. The van der Waals surface area contributed by atoms with Crippen molar-refractivity contribution in [3.05, 3.63) is 39.2 Å². The highest BCUT2D eigenvalue weighted by atomic mass is 16.7. The second-order valence-corrected chi connectivity index (χ2v) is 7.43. The van der Waals surface area contributed by atoms with Gasteiger partial charge in [0.2, 0.25) is 6.29 Å². The van der Waals surface area contributed by atoms with Gasteiger partial charge in [0.1, 0.15) is 35.7 Å². The highest BCUT2D eigenvalue weighted by Crippen LogP contribution is 2.34. The number of aryl methyl sites for hydroxylation is 2. The monoisotopic (exact) mass is 392 g/mol. The predicted octanol–water partition coefficient (Wildman–Crippen LogP) is 0.159. The van der Waals surface area contributed by atoms with E-state index in [4.69, 9.17) is 13.9 Å². The van der Waals surface area contributed by atoms with Crippen molar-refractivity contribution >= 4 is 11.0 Å². The van der Waals surface area contributed by atoms with Crippen LogP contribution in [0.4, 0.5) is 0 Å². The Hall–Kier alpha value is -1.97. The number of hydrogen-bond donors (Lipinski definition) is 4. The molecular formula is C20H24O8. The van der Waals surface area contributed by atoms with Gasteiger partial charge in [-0.05, 0) is 50.3 Å². The lowest BCUT2D eigenvalue weighted by molar-refractivity contribution is -0.277. The van der Waals surface area contributed by atoms with E-state index in [0.717, 1.165) is 42.2 Å². The standard InChI is InChI=1S/C20H24O8/c1-9-13(26-20-17(24)16(23)15(22)14(8-21)27-20)7-6-11-10-4-2-3-5-12(10)19(25)28-18(9)11/h6-7,14-17,20-24H,2-5,8H2,1H3/t14-,15-,16+,17-,20+/m1/s1. The van der Waals surface area contributed by atoms with E-state index in [1.807, 2.05) is 6.07 Å². The summed E-state index contributed by atoms with van der Waals surface area (Å²) in [5.41, 5.74) is 2.41. The van der Waals surface area contributed by atoms with Gasteiger partial charge in [0.05, 0.1) is 6.61 Å². The van der Waals surface area contributed by atoms with Crippen LogP contribution >= 0.6 is 0 Å². The van der Waals surface area contributed by atoms with E-state index < -0.39 is 37.3 Å². The van der Waals surface area contributed by atoms with Crippen LogP contribution in [-0.4, -0.2) is 57.7 Å². The van der Waals surface area contributed by atoms with E-state index in [9.17, 15) is 25.2 Å². The normalized spacial score (nSPS) is 30.2. The van der Waals surface area contributed by atoms with Crippen LogP contribution in [0.15, 0.2) is 21.3 Å². The minimum absolute atomic E-state index is 0.315. The van der Waals surface area contributed by atoms with E-state index >= 15 is 0 Å². The summed E-state index contributed by atoms with van der Waals surface area (Å²) in [6, 6.07) is 3.52. The second-order valence-electron chi connectivity index (χ2n) is 7.43. The molecule has 152 valence electrons. The van der Waals surface area contributed by atoms with Crippen molar-refractivity contribution in [2.45, 2.75) is 63.3 Å². The molecule has 0 amide bonds. The fraction of sp³-hybridized carbons (Fsp3) is 0.550. The Balaban J connectivity index is 1.70. The molecule has 1 aliphatic heterocycles. The fourth-order valence-corrected chi connectivity index (χ4v) is 4.04. The second kappa shape index (κ2) is 7.46. The number of rotatable bonds is 3. The molecule has 1 fully saturated rings. The van der Waals surface area contributed by atoms with Gasteiger partial charge in [-0.2, -0.15) is 0 Å².